The Balaban J connectivity index is 1.95. The van der Waals surface area contributed by atoms with Crippen LogP contribution < -0.4 is 4.72 Å². The minimum absolute atomic E-state index is 0.179. The third kappa shape index (κ3) is 3.59. The van der Waals surface area contributed by atoms with Gasteiger partial charge in [0, 0.05) is 19.5 Å². The minimum atomic E-state index is -3.77. The number of hydrogen-bond donors (Lipinski definition) is 2. The highest BCUT2D eigenvalue weighted by atomic mass is 32.2. The molecule has 2 N–H and O–H groups in total. The molecule has 20 heavy (non-hydrogen) atoms. The molecule has 0 saturated carbocycles. The summed E-state index contributed by atoms with van der Waals surface area (Å²) in [7, 11) is -3.77. The van der Waals surface area contributed by atoms with Crippen LogP contribution in [0.3, 0.4) is 0 Å². The highest BCUT2D eigenvalue weighted by Crippen LogP contribution is 2.19. The first-order chi connectivity index (χ1) is 9.50. The third-order valence-corrected chi connectivity index (χ3v) is 4.91. The number of nitrogens with zero attached hydrogens (tertiary/aromatic N) is 1. The second-order valence-electron chi connectivity index (χ2n) is 4.69. The molecule has 7 nitrogen and oxygen atoms in total. The predicted molar refractivity (Wildman–Crippen MR) is 71.3 cm³/mol. The van der Waals surface area contributed by atoms with Crippen LogP contribution in [0.25, 0.3) is 0 Å². The number of aliphatic carboxylic acids is 1. The summed E-state index contributed by atoms with van der Waals surface area (Å²) in [6, 6.07) is 2.52. The smallest absolute Gasteiger partial charge is 0.322 e. The normalized spacial score (nSPS) is 20.9. The first-order valence-corrected chi connectivity index (χ1v) is 7.96. The molecule has 2 heterocycles. The molecule has 2 rings (SSSR count). The fraction of sp³-hybridized carbons (Fsp3) is 0.583. The quantitative estimate of drug-likeness (QED) is 0.801. The van der Waals surface area contributed by atoms with E-state index in [0.717, 1.165) is 10.7 Å². The van der Waals surface area contributed by atoms with Crippen molar-refractivity contribution >= 4 is 16.2 Å². The summed E-state index contributed by atoms with van der Waals surface area (Å²) in [6.07, 6.45) is 3.72. The van der Waals surface area contributed by atoms with Gasteiger partial charge in [-0.15, -0.1) is 0 Å². The van der Waals surface area contributed by atoms with Gasteiger partial charge < -0.3 is 9.52 Å². The van der Waals surface area contributed by atoms with Gasteiger partial charge in [-0.1, -0.05) is 0 Å². The highest BCUT2D eigenvalue weighted by Gasteiger charge is 2.36. The lowest BCUT2D eigenvalue weighted by atomic mass is 10.1. The zero-order valence-corrected chi connectivity index (χ0v) is 11.8. The number of carboxylic acids is 1. The molecule has 1 fully saturated rings. The molecule has 0 radical (unpaired) electrons. The molecule has 0 spiro atoms. The summed E-state index contributed by atoms with van der Waals surface area (Å²) >= 11 is 0. The van der Waals surface area contributed by atoms with Crippen molar-refractivity contribution < 1.29 is 22.7 Å². The van der Waals surface area contributed by atoms with Crippen molar-refractivity contribution in [2.75, 3.05) is 13.1 Å². The largest absolute Gasteiger partial charge is 0.480 e. The highest BCUT2D eigenvalue weighted by molar-refractivity contribution is 7.87. The average molecular weight is 302 g/mol. The molecule has 1 saturated heterocycles. The Bertz CT molecular complexity index is 540. The summed E-state index contributed by atoms with van der Waals surface area (Å²) in [5.74, 6) is -0.415. The number of furan rings is 1. The van der Waals surface area contributed by atoms with Gasteiger partial charge in [0.15, 0.2) is 0 Å². The van der Waals surface area contributed by atoms with Crippen LogP contribution in [0.4, 0.5) is 0 Å². The first kappa shape index (κ1) is 15.0. The predicted octanol–water partition coefficient (Wildman–Crippen LogP) is 0.596. The second-order valence-corrected chi connectivity index (χ2v) is 6.40. The lowest BCUT2D eigenvalue weighted by molar-refractivity contribution is -0.142. The fourth-order valence-electron chi connectivity index (χ4n) is 2.28. The monoisotopic (exact) mass is 302 g/mol. The Labute approximate surface area is 117 Å². The molecule has 1 aliphatic heterocycles. The van der Waals surface area contributed by atoms with Gasteiger partial charge in [-0.25, -0.2) is 4.72 Å². The van der Waals surface area contributed by atoms with Gasteiger partial charge in [0.05, 0.1) is 6.26 Å². The van der Waals surface area contributed by atoms with Crippen molar-refractivity contribution in [2.24, 2.45) is 0 Å². The van der Waals surface area contributed by atoms with Crippen LogP contribution in [0.1, 0.15) is 25.0 Å². The van der Waals surface area contributed by atoms with Crippen LogP contribution in [0.2, 0.25) is 0 Å². The Morgan fingerprint density at radius 3 is 2.95 bits per heavy atom. The van der Waals surface area contributed by atoms with E-state index in [0.29, 0.717) is 25.0 Å². The molecule has 1 aliphatic rings. The van der Waals surface area contributed by atoms with E-state index in [1.807, 2.05) is 0 Å². The maximum atomic E-state index is 12.1. The second kappa shape index (κ2) is 6.38. The number of carbonyl (C=O) groups is 1. The topological polar surface area (TPSA) is 99.9 Å². The Hall–Kier alpha value is -1.38. The summed E-state index contributed by atoms with van der Waals surface area (Å²) in [4.78, 5) is 11.1. The lowest BCUT2D eigenvalue weighted by Gasteiger charge is -2.31. The number of rotatable bonds is 6. The summed E-state index contributed by atoms with van der Waals surface area (Å²) < 4.78 is 32.9. The third-order valence-electron chi connectivity index (χ3n) is 3.28. The molecule has 112 valence electrons. The molecular formula is C12H18N2O5S. The van der Waals surface area contributed by atoms with E-state index >= 15 is 0 Å². The van der Waals surface area contributed by atoms with Gasteiger partial charge in [-0.05, 0) is 31.4 Å². The first-order valence-electron chi connectivity index (χ1n) is 6.52. The molecule has 1 atom stereocenters. The van der Waals surface area contributed by atoms with E-state index in [1.54, 1.807) is 12.1 Å². The van der Waals surface area contributed by atoms with Gasteiger partial charge in [0.1, 0.15) is 11.8 Å². The zero-order valence-electron chi connectivity index (χ0n) is 11.0. The standard InChI is InChI=1S/C12H18N2O5S/c15-12(16)11-5-1-2-8-14(11)20(17,18)13-7-6-10-4-3-9-19-10/h3-4,9,11,13H,1-2,5-8H2,(H,15,16). The summed E-state index contributed by atoms with van der Waals surface area (Å²) in [5.41, 5.74) is 0. The van der Waals surface area contributed by atoms with E-state index in [1.165, 1.54) is 6.26 Å². The van der Waals surface area contributed by atoms with Crippen LogP contribution in [0, 0.1) is 0 Å². The molecule has 1 aromatic heterocycles. The Morgan fingerprint density at radius 1 is 1.50 bits per heavy atom. The van der Waals surface area contributed by atoms with Gasteiger partial charge in [0.25, 0.3) is 10.2 Å². The van der Waals surface area contributed by atoms with Gasteiger partial charge in [0.2, 0.25) is 0 Å². The Morgan fingerprint density at radius 2 is 2.30 bits per heavy atom. The van der Waals surface area contributed by atoms with E-state index in [2.05, 4.69) is 4.72 Å². The number of carboxylic acid groups (broad SMARTS) is 1. The van der Waals surface area contributed by atoms with E-state index in [-0.39, 0.29) is 13.1 Å². The van der Waals surface area contributed by atoms with Crippen molar-refractivity contribution in [1.29, 1.82) is 0 Å². The molecule has 1 unspecified atom stereocenters. The SMILES string of the molecule is O=C(O)C1CCCCN1S(=O)(=O)NCCc1ccco1. The average Bonchev–Trinajstić information content (AvgIpc) is 2.91. The van der Waals surface area contributed by atoms with Crippen molar-refractivity contribution in [3.05, 3.63) is 24.2 Å². The lowest BCUT2D eigenvalue weighted by Crippen LogP contribution is -2.52. The van der Waals surface area contributed by atoms with E-state index in [9.17, 15) is 13.2 Å². The zero-order chi connectivity index (χ0) is 14.6. The molecule has 0 aromatic carbocycles. The van der Waals surface area contributed by atoms with Crippen molar-refractivity contribution in [3.8, 4) is 0 Å². The summed E-state index contributed by atoms with van der Waals surface area (Å²) in [5, 5.41) is 9.10. The number of piperidine rings is 1. The van der Waals surface area contributed by atoms with Crippen molar-refractivity contribution in [1.82, 2.24) is 9.03 Å². The number of hydrogen-bond acceptors (Lipinski definition) is 4. The van der Waals surface area contributed by atoms with Crippen LogP contribution in [-0.4, -0.2) is 42.9 Å². The van der Waals surface area contributed by atoms with Crippen LogP contribution in [0.5, 0.6) is 0 Å². The van der Waals surface area contributed by atoms with Crippen LogP contribution >= 0.6 is 0 Å². The molecule has 0 aliphatic carbocycles. The van der Waals surface area contributed by atoms with Gasteiger partial charge >= 0.3 is 5.97 Å². The maximum absolute atomic E-state index is 12.1. The fourth-order valence-corrected chi connectivity index (χ4v) is 3.71. The van der Waals surface area contributed by atoms with Gasteiger partial charge in [-0.3, -0.25) is 4.79 Å². The minimum Gasteiger partial charge on any atom is -0.480 e. The van der Waals surface area contributed by atoms with E-state index in [4.69, 9.17) is 9.52 Å². The summed E-state index contributed by atoms with van der Waals surface area (Å²) in [6.45, 7) is 0.422. The van der Waals surface area contributed by atoms with Crippen LogP contribution in [0.15, 0.2) is 22.8 Å². The maximum Gasteiger partial charge on any atom is 0.322 e. The van der Waals surface area contributed by atoms with Gasteiger partial charge in [-0.2, -0.15) is 12.7 Å². The molecule has 0 amide bonds. The van der Waals surface area contributed by atoms with Crippen LogP contribution in [-0.2, 0) is 21.4 Å². The molecule has 1 aromatic rings. The van der Waals surface area contributed by atoms with E-state index < -0.39 is 22.2 Å². The molecular weight excluding hydrogens is 284 g/mol. The van der Waals surface area contributed by atoms with Crippen molar-refractivity contribution in [2.45, 2.75) is 31.7 Å². The Kier molecular flexibility index (Phi) is 4.79. The molecule has 0 bridgehead atoms. The number of nitrogens with one attached hydrogen (secondary N) is 1. The molecule has 8 heteroatoms. The van der Waals surface area contributed by atoms with Crippen molar-refractivity contribution in [3.63, 3.8) is 0 Å².